The number of fused-ring (bicyclic) bond motifs is 1. The number of rotatable bonds is 5. The number of halogens is 1. The van der Waals surface area contributed by atoms with Crippen LogP contribution in [0.3, 0.4) is 0 Å². The molecule has 1 aliphatic carbocycles. The fraction of sp³-hybridized carbons (Fsp3) is 0.320. The number of hydrazine groups is 1. The molecule has 0 bridgehead atoms. The Morgan fingerprint density at radius 1 is 1.03 bits per heavy atom. The molecule has 1 saturated carbocycles. The minimum absolute atomic E-state index is 0.0956. The molecule has 0 saturated heterocycles. The zero-order chi connectivity index (χ0) is 22.0. The fourth-order valence-electron chi connectivity index (χ4n) is 4.77. The second-order valence-electron chi connectivity index (χ2n) is 8.38. The Labute approximate surface area is 180 Å². The van der Waals surface area contributed by atoms with E-state index in [1.807, 2.05) is 13.0 Å². The summed E-state index contributed by atoms with van der Waals surface area (Å²) in [5, 5.41) is 0.886. The number of nitrogens with zero attached hydrogens (tertiary/aromatic N) is 1. The van der Waals surface area contributed by atoms with Crippen molar-refractivity contribution in [1.82, 2.24) is 10.4 Å². The van der Waals surface area contributed by atoms with Crippen LogP contribution in [0.5, 0.6) is 0 Å². The van der Waals surface area contributed by atoms with Crippen molar-refractivity contribution in [3.05, 3.63) is 77.2 Å². The summed E-state index contributed by atoms with van der Waals surface area (Å²) >= 11 is 0. The average Bonchev–Trinajstić information content (AvgIpc) is 2.82. The molecule has 0 aliphatic heterocycles. The van der Waals surface area contributed by atoms with Gasteiger partial charge >= 0.3 is 0 Å². The van der Waals surface area contributed by atoms with Gasteiger partial charge in [0.05, 0.1) is 5.52 Å². The van der Waals surface area contributed by atoms with E-state index >= 15 is 0 Å². The van der Waals surface area contributed by atoms with Crippen LogP contribution in [0.2, 0.25) is 0 Å². The Morgan fingerprint density at radius 3 is 2.39 bits per heavy atom. The van der Waals surface area contributed by atoms with Gasteiger partial charge in [0.1, 0.15) is 5.82 Å². The Hall–Kier alpha value is -3.12. The molecule has 1 amide bonds. The van der Waals surface area contributed by atoms with Gasteiger partial charge in [-0.25, -0.2) is 10.2 Å². The van der Waals surface area contributed by atoms with E-state index in [9.17, 15) is 14.0 Å². The second kappa shape index (κ2) is 8.94. The summed E-state index contributed by atoms with van der Waals surface area (Å²) in [5.74, 6) is 5.18. The summed E-state index contributed by atoms with van der Waals surface area (Å²) in [7, 11) is 0. The molecule has 6 heteroatoms. The van der Waals surface area contributed by atoms with Gasteiger partial charge in [-0.15, -0.1) is 0 Å². The van der Waals surface area contributed by atoms with Gasteiger partial charge in [-0.2, -0.15) is 0 Å². The highest BCUT2D eigenvalue weighted by Crippen LogP contribution is 2.41. The number of nitrogens with one attached hydrogen (secondary N) is 1. The molecule has 1 atom stereocenters. The Kier molecular flexibility index (Phi) is 6.09. The van der Waals surface area contributed by atoms with Gasteiger partial charge in [-0.3, -0.25) is 20.0 Å². The summed E-state index contributed by atoms with van der Waals surface area (Å²) < 4.78 is 13.8. The highest BCUT2D eigenvalue weighted by atomic mass is 19.1. The molecule has 1 heterocycles. The lowest BCUT2D eigenvalue weighted by Gasteiger charge is -2.32. The Morgan fingerprint density at radius 2 is 1.71 bits per heavy atom. The van der Waals surface area contributed by atoms with Crippen molar-refractivity contribution in [3.63, 3.8) is 0 Å². The molecule has 31 heavy (non-hydrogen) atoms. The quantitative estimate of drug-likeness (QED) is 0.270. The van der Waals surface area contributed by atoms with Crippen LogP contribution in [-0.4, -0.2) is 16.7 Å². The maximum Gasteiger partial charge on any atom is 0.265 e. The van der Waals surface area contributed by atoms with Gasteiger partial charge in [-0.05, 0) is 79.5 Å². The van der Waals surface area contributed by atoms with Crippen LogP contribution in [0, 0.1) is 17.7 Å². The molecule has 2 aromatic carbocycles. The smallest absolute Gasteiger partial charge is 0.265 e. The summed E-state index contributed by atoms with van der Waals surface area (Å²) in [6, 6.07) is 13.4. The monoisotopic (exact) mass is 419 g/mol. The molecule has 0 spiro atoms. The van der Waals surface area contributed by atoms with Gasteiger partial charge in [0.25, 0.3) is 5.91 Å². The molecular weight excluding hydrogens is 393 g/mol. The third-order valence-electron chi connectivity index (χ3n) is 6.63. The maximum atomic E-state index is 13.8. The number of carbonyl (C=O) groups is 2. The largest absolute Gasteiger partial charge is 0.294 e. The molecule has 5 nitrogen and oxygen atoms in total. The third-order valence-corrected chi connectivity index (χ3v) is 6.63. The Bertz CT molecular complexity index is 1110. The molecule has 0 radical (unpaired) electrons. The Balaban J connectivity index is 1.43. The third kappa shape index (κ3) is 4.35. The first-order chi connectivity index (χ1) is 15.0. The lowest BCUT2D eigenvalue weighted by atomic mass is 9.72. The van der Waals surface area contributed by atoms with Gasteiger partial charge in [0.15, 0.2) is 5.78 Å². The molecular formula is C25H26FN3O2. The van der Waals surface area contributed by atoms with Crippen LogP contribution in [0.15, 0.2) is 54.7 Å². The van der Waals surface area contributed by atoms with E-state index in [1.165, 1.54) is 6.07 Å². The highest BCUT2D eigenvalue weighted by molar-refractivity contribution is 5.99. The summed E-state index contributed by atoms with van der Waals surface area (Å²) in [6.07, 6.45) is 5.62. The zero-order valence-electron chi connectivity index (χ0n) is 17.5. The number of carbonyl (C=O) groups excluding carboxylic acids is 2. The minimum atomic E-state index is -0.381. The first-order valence-electron chi connectivity index (χ1n) is 10.7. The second-order valence-corrected chi connectivity index (χ2v) is 8.38. The zero-order valence-corrected chi connectivity index (χ0v) is 17.5. The molecule has 1 aliphatic rings. The van der Waals surface area contributed by atoms with E-state index in [-0.39, 0.29) is 23.4 Å². The number of benzene rings is 2. The summed E-state index contributed by atoms with van der Waals surface area (Å²) in [5.41, 5.74) is 5.09. The van der Waals surface area contributed by atoms with Crippen LogP contribution in [0.1, 0.15) is 64.8 Å². The van der Waals surface area contributed by atoms with Crippen molar-refractivity contribution in [2.75, 3.05) is 0 Å². The van der Waals surface area contributed by atoms with Crippen LogP contribution < -0.4 is 11.3 Å². The number of pyridine rings is 1. The van der Waals surface area contributed by atoms with Crippen molar-refractivity contribution in [1.29, 1.82) is 0 Å². The molecule has 3 N–H and O–H groups in total. The number of aromatic nitrogens is 1. The van der Waals surface area contributed by atoms with Crippen molar-refractivity contribution in [3.8, 4) is 0 Å². The topological polar surface area (TPSA) is 85.1 Å². The molecule has 0 unspecified atom stereocenters. The van der Waals surface area contributed by atoms with Gasteiger partial charge in [0, 0.05) is 28.6 Å². The van der Waals surface area contributed by atoms with Crippen molar-refractivity contribution in [2.45, 2.75) is 38.5 Å². The predicted molar refractivity (Wildman–Crippen MR) is 118 cm³/mol. The normalized spacial score (nSPS) is 19.7. The number of ketones is 1. The SMILES string of the molecule is C[C@@H](C(=O)c1ccc(C(=O)NN)cc1)C1CCC(c2ccnc3ccc(F)cc23)CC1. The van der Waals surface area contributed by atoms with Crippen LogP contribution >= 0.6 is 0 Å². The van der Waals surface area contributed by atoms with E-state index in [0.29, 0.717) is 23.0 Å². The number of hydrogen-bond donors (Lipinski definition) is 2. The number of nitrogens with two attached hydrogens (primary N) is 1. The van der Waals surface area contributed by atoms with Crippen molar-refractivity contribution in [2.24, 2.45) is 17.7 Å². The van der Waals surface area contributed by atoms with E-state index in [4.69, 9.17) is 5.84 Å². The van der Waals surface area contributed by atoms with Crippen LogP contribution in [0.4, 0.5) is 4.39 Å². The van der Waals surface area contributed by atoms with Gasteiger partial charge in [-0.1, -0.05) is 19.1 Å². The van der Waals surface area contributed by atoms with Crippen LogP contribution in [0.25, 0.3) is 10.9 Å². The lowest BCUT2D eigenvalue weighted by molar-refractivity contribution is 0.0858. The van der Waals surface area contributed by atoms with Crippen molar-refractivity contribution < 1.29 is 14.0 Å². The number of Topliss-reactive ketones (excluding diaryl/α,β-unsaturated/α-hetero) is 1. The van der Waals surface area contributed by atoms with E-state index in [1.54, 1.807) is 42.6 Å². The molecule has 4 rings (SSSR count). The standard InChI is InChI=1S/C25H26FN3O2/c1-15(24(30)18-6-8-19(9-7-18)25(31)29-27)16-2-4-17(5-3-16)21-12-13-28-23-11-10-20(26)14-22(21)23/h6-17H,2-5,27H2,1H3,(H,29,31)/t15-,16?,17?/m1/s1. The fourth-order valence-corrected chi connectivity index (χ4v) is 4.77. The van der Waals surface area contributed by atoms with Crippen LogP contribution in [-0.2, 0) is 0 Å². The lowest BCUT2D eigenvalue weighted by Crippen LogP contribution is -2.30. The molecule has 160 valence electrons. The van der Waals surface area contributed by atoms with E-state index in [0.717, 1.165) is 42.1 Å². The van der Waals surface area contributed by atoms with Gasteiger partial charge in [0.2, 0.25) is 0 Å². The first-order valence-corrected chi connectivity index (χ1v) is 10.7. The average molecular weight is 420 g/mol. The van der Waals surface area contributed by atoms with Gasteiger partial charge < -0.3 is 0 Å². The van der Waals surface area contributed by atoms with E-state index in [2.05, 4.69) is 10.4 Å². The number of amides is 1. The maximum absolute atomic E-state index is 13.8. The van der Waals surface area contributed by atoms with E-state index < -0.39 is 0 Å². The minimum Gasteiger partial charge on any atom is -0.294 e. The summed E-state index contributed by atoms with van der Waals surface area (Å²) in [4.78, 5) is 28.9. The molecule has 1 aromatic heterocycles. The first kappa shape index (κ1) is 21.1. The highest BCUT2D eigenvalue weighted by Gasteiger charge is 2.30. The number of hydrogen-bond acceptors (Lipinski definition) is 4. The molecule has 3 aromatic rings. The number of nitrogen functional groups attached to an aromatic ring is 1. The summed E-state index contributed by atoms with van der Waals surface area (Å²) in [6.45, 7) is 1.99. The van der Waals surface area contributed by atoms with Crippen molar-refractivity contribution >= 4 is 22.6 Å². The molecule has 1 fully saturated rings. The predicted octanol–water partition coefficient (Wildman–Crippen LogP) is 4.77.